The summed E-state index contributed by atoms with van der Waals surface area (Å²) in [4.78, 5) is 16.5. The summed E-state index contributed by atoms with van der Waals surface area (Å²) in [6.45, 7) is 1.24. The Labute approximate surface area is 148 Å². The summed E-state index contributed by atoms with van der Waals surface area (Å²) in [6, 6.07) is 6.69. The number of nitrogens with zero attached hydrogens (tertiary/aromatic N) is 5. The number of carbonyl (C=O) groups is 1. The number of aryl methyl sites for hydroxylation is 1. The van der Waals surface area contributed by atoms with Crippen LogP contribution in [0, 0.1) is 12.7 Å². The summed E-state index contributed by atoms with van der Waals surface area (Å²) < 4.78 is 39.7. The molecule has 136 valence electrons. The molecule has 0 aliphatic heterocycles. The molecule has 9 nitrogen and oxygen atoms in total. The van der Waals surface area contributed by atoms with Crippen LogP contribution in [0.25, 0.3) is 5.78 Å². The number of anilines is 2. The Bertz CT molecular complexity index is 1080. The van der Waals surface area contributed by atoms with Crippen molar-refractivity contribution < 1.29 is 17.6 Å². The number of carbonyl (C=O) groups excluding carboxylic acids is 1. The Kier molecular flexibility index (Phi) is 4.55. The van der Waals surface area contributed by atoms with E-state index < -0.39 is 28.3 Å². The van der Waals surface area contributed by atoms with Gasteiger partial charge >= 0.3 is 0 Å². The van der Waals surface area contributed by atoms with Gasteiger partial charge in [-0.1, -0.05) is 6.07 Å². The molecular weight excluding hydrogens is 363 g/mol. The summed E-state index contributed by atoms with van der Waals surface area (Å²) >= 11 is 0. The van der Waals surface area contributed by atoms with Gasteiger partial charge in [0.2, 0.25) is 21.9 Å². The van der Waals surface area contributed by atoms with Gasteiger partial charge in [0, 0.05) is 11.9 Å². The van der Waals surface area contributed by atoms with E-state index in [1.165, 1.54) is 22.6 Å². The first-order chi connectivity index (χ1) is 12.2. The molecule has 0 aliphatic carbocycles. The molecule has 0 saturated carbocycles. The number of hydrogen-bond acceptors (Lipinski definition) is 6. The van der Waals surface area contributed by atoms with Crippen molar-refractivity contribution in [2.45, 2.75) is 6.92 Å². The van der Waals surface area contributed by atoms with E-state index in [1.807, 2.05) is 0 Å². The molecule has 26 heavy (non-hydrogen) atoms. The van der Waals surface area contributed by atoms with E-state index in [9.17, 15) is 17.6 Å². The van der Waals surface area contributed by atoms with Crippen molar-refractivity contribution in [2.24, 2.45) is 0 Å². The normalized spacial score (nSPS) is 11.5. The van der Waals surface area contributed by atoms with Crippen LogP contribution < -0.4 is 9.62 Å². The van der Waals surface area contributed by atoms with Crippen LogP contribution in [0.2, 0.25) is 0 Å². The van der Waals surface area contributed by atoms with Crippen LogP contribution in [-0.2, 0) is 14.8 Å². The van der Waals surface area contributed by atoms with Crippen molar-refractivity contribution in [2.75, 3.05) is 22.4 Å². The molecular formula is C15H15FN6O3S. The smallest absolute Gasteiger partial charge is 0.256 e. The number of amides is 1. The standard InChI is InChI=1S/C15H15FN6O3S/c1-10-6-7-21-14(17-10)19-20-15(21)18-13(23)9-22(26(2,24)25)12-5-3-4-11(16)8-12/h3-8H,9H2,1-2H3,(H,18,20,23). The lowest BCUT2D eigenvalue weighted by atomic mass is 10.3. The second-order valence-corrected chi connectivity index (χ2v) is 7.47. The molecule has 2 heterocycles. The lowest BCUT2D eigenvalue weighted by Crippen LogP contribution is -2.37. The number of fused-ring (bicyclic) bond motifs is 1. The van der Waals surface area contributed by atoms with Crippen molar-refractivity contribution in [3.05, 3.63) is 48.0 Å². The van der Waals surface area contributed by atoms with E-state index in [-0.39, 0.29) is 11.6 Å². The van der Waals surface area contributed by atoms with Gasteiger partial charge in [-0.15, -0.1) is 10.2 Å². The number of hydrogen-bond donors (Lipinski definition) is 1. The molecule has 0 bridgehead atoms. The summed E-state index contributed by atoms with van der Waals surface area (Å²) in [7, 11) is -3.81. The van der Waals surface area contributed by atoms with Crippen LogP contribution in [0.4, 0.5) is 16.0 Å². The molecule has 2 aromatic heterocycles. The van der Waals surface area contributed by atoms with Gasteiger partial charge in [-0.25, -0.2) is 17.8 Å². The van der Waals surface area contributed by atoms with Gasteiger partial charge in [0.25, 0.3) is 5.78 Å². The predicted molar refractivity (Wildman–Crippen MR) is 92.7 cm³/mol. The largest absolute Gasteiger partial charge is 0.293 e. The first-order valence-corrected chi connectivity index (χ1v) is 9.30. The molecule has 0 aliphatic rings. The number of rotatable bonds is 5. The third-order valence-corrected chi connectivity index (χ3v) is 4.59. The zero-order valence-corrected chi connectivity index (χ0v) is 14.7. The number of sulfonamides is 1. The van der Waals surface area contributed by atoms with E-state index in [0.717, 1.165) is 22.3 Å². The van der Waals surface area contributed by atoms with Gasteiger partial charge in [-0.05, 0) is 31.2 Å². The molecule has 1 amide bonds. The monoisotopic (exact) mass is 378 g/mol. The molecule has 1 N–H and O–H groups in total. The summed E-state index contributed by atoms with van der Waals surface area (Å²) in [5, 5.41) is 10.1. The fourth-order valence-electron chi connectivity index (χ4n) is 2.29. The lowest BCUT2D eigenvalue weighted by Gasteiger charge is -2.21. The van der Waals surface area contributed by atoms with Crippen LogP contribution in [0.3, 0.4) is 0 Å². The molecule has 0 fully saturated rings. The maximum absolute atomic E-state index is 13.4. The van der Waals surface area contributed by atoms with E-state index in [0.29, 0.717) is 5.78 Å². The minimum Gasteiger partial charge on any atom is -0.293 e. The minimum absolute atomic E-state index is 0.0473. The van der Waals surface area contributed by atoms with Gasteiger partial charge in [0.05, 0.1) is 11.9 Å². The summed E-state index contributed by atoms with van der Waals surface area (Å²) in [5.74, 6) is -0.869. The third-order valence-electron chi connectivity index (χ3n) is 3.45. The van der Waals surface area contributed by atoms with Crippen molar-refractivity contribution in [1.29, 1.82) is 0 Å². The number of nitrogens with one attached hydrogen (secondary N) is 1. The molecule has 0 saturated heterocycles. The number of benzene rings is 1. The Morgan fingerprint density at radius 3 is 2.77 bits per heavy atom. The van der Waals surface area contributed by atoms with Crippen molar-refractivity contribution in [1.82, 2.24) is 19.6 Å². The predicted octanol–water partition coefficient (Wildman–Crippen LogP) is 0.977. The molecule has 0 radical (unpaired) electrons. The molecule has 3 aromatic rings. The fraction of sp³-hybridized carbons (Fsp3) is 0.200. The Balaban J connectivity index is 1.84. The maximum Gasteiger partial charge on any atom is 0.256 e. The number of aromatic nitrogens is 4. The van der Waals surface area contributed by atoms with E-state index >= 15 is 0 Å². The third kappa shape index (κ3) is 3.77. The van der Waals surface area contributed by atoms with E-state index in [2.05, 4.69) is 20.5 Å². The quantitative estimate of drug-likeness (QED) is 0.709. The zero-order valence-electron chi connectivity index (χ0n) is 13.9. The molecule has 1 aromatic carbocycles. The minimum atomic E-state index is -3.81. The number of halogens is 1. The second kappa shape index (κ2) is 6.67. The first-order valence-electron chi connectivity index (χ1n) is 7.45. The lowest BCUT2D eigenvalue weighted by molar-refractivity contribution is -0.114. The van der Waals surface area contributed by atoms with Crippen molar-refractivity contribution in [3.8, 4) is 0 Å². The molecule has 11 heteroatoms. The van der Waals surface area contributed by atoms with Crippen LogP contribution in [0.1, 0.15) is 5.69 Å². The van der Waals surface area contributed by atoms with E-state index in [4.69, 9.17) is 0 Å². The van der Waals surface area contributed by atoms with E-state index in [1.54, 1.807) is 19.2 Å². The molecule has 0 spiro atoms. The average molecular weight is 378 g/mol. The van der Waals surface area contributed by atoms with Crippen LogP contribution in [-0.4, -0.2) is 46.7 Å². The maximum atomic E-state index is 13.4. The van der Waals surface area contributed by atoms with Gasteiger partial charge in [0.15, 0.2) is 0 Å². The van der Waals surface area contributed by atoms with Gasteiger partial charge in [-0.2, -0.15) is 0 Å². The van der Waals surface area contributed by atoms with Gasteiger partial charge in [0.1, 0.15) is 12.4 Å². The van der Waals surface area contributed by atoms with Gasteiger partial charge < -0.3 is 0 Å². The van der Waals surface area contributed by atoms with Crippen LogP contribution >= 0.6 is 0 Å². The highest BCUT2D eigenvalue weighted by molar-refractivity contribution is 7.92. The Morgan fingerprint density at radius 1 is 1.31 bits per heavy atom. The SMILES string of the molecule is Cc1ccn2c(NC(=O)CN(c3cccc(F)c3)S(C)(=O)=O)nnc2n1. The highest BCUT2D eigenvalue weighted by Crippen LogP contribution is 2.18. The highest BCUT2D eigenvalue weighted by Gasteiger charge is 2.22. The highest BCUT2D eigenvalue weighted by atomic mass is 32.2. The molecule has 0 unspecified atom stereocenters. The summed E-state index contributed by atoms with van der Waals surface area (Å²) in [6.07, 6.45) is 2.57. The topological polar surface area (TPSA) is 110 Å². The Hall–Kier alpha value is -3.08. The Morgan fingerprint density at radius 2 is 2.08 bits per heavy atom. The first kappa shape index (κ1) is 17.7. The molecule has 0 atom stereocenters. The van der Waals surface area contributed by atoms with Crippen LogP contribution in [0.15, 0.2) is 36.5 Å². The second-order valence-electron chi connectivity index (χ2n) is 5.56. The molecule has 3 rings (SSSR count). The van der Waals surface area contributed by atoms with Gasteiger partial charge in [-0.3, -0.25) is 18.8 Å². The average Bonchev–Trinajstić information content (AvgIpc) is 2.93. The zero-order chi connectivity index (χ0) is 18.9. The summed E-state index contributed by atoms with van der Waals surface area (Å²) in [5.41, 5.74) is 0.781. The van der Waals surface area contributed by atoms with Crippen molar-refractivity contribution >= 4 is 33.3 Å². The van der Waals surface area contributed by atoms with Crippen molar-refractivity contribution in [3.63, 3.8) is 0 Å². The fourth-order valence-corrected chi connectivity index (χ4v) is 3.13. The van der Waals surface area contributed by atoms with Crippen LogP contribution in [0.5, 0.6) is 0 Å².